The highest BCUT2D eigenvalue weighted by molar-refractivity contribution is 9.09. The molecule has 2 nitrogen and oxygen atoms in total. The first kappa shape index (κ1) is 12.7. The van der Waals surface area contributed by atoms with Gasteiger partial charge in [0.2, 0.25) is 0 Å². The largest absolute Gasteiger partial charge is 0.308 e. The van der Waals surface area contributed by atoms with Gasteiger partial charge in [-0.25, -0.2) is 0 Å². The van der Waals surface area contributed by atoms with Gasteiger partial charge >= 0.3 is 0 Å². The van der Waals surface area contributed by atoms with Crippen molar-refractivity contribution in [2.24, 2.45) is 0 Å². The first-order chi connectivity index (χ1) is 7.26. The van der Waals surface area contributed by atoms with E-state index in [1.54, 1.807) is 0 Å². The quantitative estimate of drug-likeness (QED) is 0.804. The van der Waals surface area contributed by atoms with Gasteiger partial charge in [0, 0.05) is 23.6 Å². The Morgan fingerprint density at radius 3 is 2.87 bits per heavy atom. The topological polar surface area (TPSA) is 24.9 Å². The van der Waals surface area contributed by atoms with Crippen LogP contribution in [0.1, 0.15) is 31.2 Å². The van der Waals surface area contributed by atoms with Gasteiger partial charge in [-0.15, -0.1) is 0 Å². The van der Waals surface area contributed by atoms with Crippen molar-refractivity contribution in [3.8, 4) is 0 Å². The number of rotatable bonds is 6. The molecule has 0 amide bonds. The van der Waals surface area contributed by atoms with Gasteiger partial charge in [-0.1, -0.05) is 28.9 Å². The first-order valence-electron chi connectivity index (χ1n) is 5.48. The summed E-state index contributed by atoms with van der Waals surface area (Å²) >= 11 is 3.47. The summed E-state index contributed by atoms with van der Waals surface area (Å²) in [6.45, 7) is 5.11. The predicted octanol–water partition coefficient (Wildman–Crippen LogP) is 3.04. The van der Waals surface area contributed by atoms with E-state index in [0.29, 0.717) is 6.04 Å². The van der Waals surface area contributed by atoms with Gasteiger partial charge in [0.15, 0.2) is 0 Å². The molecule has 1 atom stereocenters. The minimum Gasteiger partial charge on any atom is -0.308 e. The van der Waals surface area contributed by atoms with Crippen LogP contribution in [0.4, 0.5) is 0 Å². The third-order valence-electron chi connectivity index (χ3n) is 2.47. The number of halogens is 1. The maximum Gasteiger partial charge on any atom is 0.0544 e. The molecule has 0 aliphatic rings. The van der Waals surface area contributed by atoms with Crippen molar-refractivity contribution < 1.29 is 0 Å². The molecule has 0 bridgehead atoms. The first-order valence-corrected chi connectivity index (χ1v) is 6.60. The van der Waals surface area contributed by atoms with E-state index in [4.69, 9.17) is 0 Å². The smallest absolute Gasteiger partial charge is 0.0544 e. The van der Waals surface area contributed by atoms with Crippen molar-refractivity contribution in [1.29, 1.82) is 0 Å². The number of nitrogens with one attached hydrogen (secondary N) is 1. The van der Waals surface area contributed by atoms with Crippen LogP contribution >= 0.6 is 15.9 Å². The number of nitrogens with zero attached hydrogens (tertiary/aromatic N) is 1. The SMILES string of the molecule is CCC(CCBr)NCc1cccc(C)n1. The Kier molecular flexibility index (Phi) is 5.88. The van der Waals surface area contributed by atoms with Gasteiger partial charge in [-0.2, -0.15) is 0 Å². The minimum atomic E-state index is 0.590. The number of alkyl halides is 1. The van der Waals surface area contributed by atoms with E-state index >= 15 is 0 Å². The van der Waals surface area contributed by atoms with Crippen molar-refractivity contribution in [1.82, 2.24) is 10.3 Å². The summed E-state index contributed by atoms with van der Waals surface area (Å²) in [5.74, 6) is 0. The summed E-state index contributed by atoms with van der Waals surface area (Å²) in [5.41, 5.74) is 2.21. The maximum absolute atomic E-state index is 4.47. The van der Waals surface area contributed by atoms with Gasteiger partial charge in [-0.05, 0) is 31.9 Å². The van der Waals surface area contributed by atoms with Gasteiger partial charge in [-0.3, -0.25) is 4.98 Å². The van der Waals surface area contributed by atoms with Crippen LogP contribution in [0.25, 0.3) is 0 Å². The van der Waals surface area contributed by atoms with Crippen molar-refractivity contribution in [2.75, 3.05) is 5.33 Å². The van der Waals surface area contributed by atoms with Gasteiger partial charge in [0.05, 0.1) is 5.69 Å². The molecule has 1 N–H and O–H groups in total. The van der Waals surface area contributed by atoms with Crippen LogP contribution < -0.4 is 5.32 Å². The molecule has 0 aliphatic carbocycles. The van der Waals surface area contributed by atoms with E-state index in [2.05, 4.69) is 45.3 Å². The van der Waals surface area contributed by atoms with E-state index < -0.39 is 0 Å². The molecule has 1 unspecified atom stereocenters. The molecule has 0 fully saturated rings. The van der Waals surface area contributed by atoms with Crippen molar-refractivity contribution >= 4 is 15.9 Å². The second-order valence-electron chi connectivity index (χ2n) is 3.73. The molecular formula is C12H19BrN2. The monoisotopic (exact) mass is 270 g/mol. The number of aromatic nitrogens is 1. The lowest BCUT2D eigenvalue weighted by atomic mass is 10.1. The molecule has 0 radical (unpaired) electrons. The highest BCUT2D eigenvalue weighted by Gasteiger charge is 2.04. The molecule has 0 aromatic carbocycles. The molecule has 15 heavy (non-hydrogen) atoms. The van der Waals surface area contributed by atoms with Crippen LogP contribution in [0.5, 0.6) is 0 Å². The summed E-state index contributed by atoms with van der Waals surface area (Å²) in [6, 6.07) is 6.75. The normalized spacial score (nSPS) is 12.7. The van der Waals surface area contributed by atoms with Crippen molar-refractivity contribution in [3.05, 3.63) is 29.6 Å². The van der Waals surface area contributed by atoms with Crippen LogP contribution in [-0.2, 0) is 6.54 Å². The molecule has 0 saturated heterocycles. The van der Waals surface area contributed by atoms with E-state index in [1.807, 2.05) is 13.0 Å². The van der Waals surface area contributed by atoms with Crippen LogP contribution in [0.2, 0.25) is 0 Å². The molecule has 0 saturated carbocycles. The van der Waals surface area contributed by atoms with E-state index in [9.17, 15) is 0 Å². The number of pyridine rings is 1. The zero-order valence-corrected chi connectivity index (χ0v) is 11.0. The van der Waals surface area contributed by atoms with Crippen LogP contribution in [0, 0.1) is 6.92 Å². The second-order valence-corrected chi connectivity index (χ2v) is 4.53. The fourth-order valence-corrected chi connectivity index (χ4v) is 2.08. The van der Waals surface area contributed by atoms with Crippen LogP contribution in [0.3, 0.4) is 0 Å². The highest BCUT2D eigenvalue weighted by atomic mass is 79.9. The Hall–Kier alpha value is -0.410. The van der Waals surface area contributed by atoms with E-state index in [-0.39, 0.29) is 0 Å². The average molecular weight is 271 g/mol. The maximum atomic E-state index is 4.47. The zero-order chi connectivity index (χ0) is 11.1. The van der Waals surface area contributed by atoms with Crippen LogP contribution in [0.15, 0.2) is 18.2 Å². The van der Waals surface area contributed by atoms with Gasteiger partial charge in [0.1, 0.15) is 0 Å². The lowest BCUT2D eigenvalue weighted by Gasteiger charge is -2.15. The summed E-state index contributed by atoms with van der Waals surface area (Å²) in [4.78, 5) is 4.47. The lowest BCUT2D eigenvalue weighted by Crippen LogP contribution is -2.28. The van der Waals surface area contributed by atoms with Crippen molar-refractivity contribution in [3.63, 3.8) is 0 Å². The molecular weight excluding hydrogens is 252 g/mol. The summed E-state index contributed by atoms with van der Waals surface area (Å²) in [5, 5.41) is 4.58. The summed E-state index contributed by atoms with van der Waals surface area (Å²) < 4.78 is 0. The van der Waals surface area contributed by atoms with E-state index in [0.717, 1.165) is 29.7 Å². The van der Waals surface area contributed by atoms with Gasteiger partial charge < -0.3 is 5.32 Å². The van der Waals surface area contributed by atoms with E-state index in [1.165, 1.54) is 6.42 Å². The fourth-order valence-electron chi connectivity index (χ4n) is 1.53. The summed E-state index contributed by atoms with van der Waals surface area (Å²) in [6.07, 6.45) is 2.33. The Morgan fingerprint density at radius 1 is 1.47 bits per heavy atom. The minimum absolute atomic E-state index is 0.590. The molecule has 1 aromatic heterocycles. The number of aryl methyl sites for hydroxylation is 1. The molecule has 1 rings (SSSR count). The van der Waals surface area contributed by atoms with Crippen LogP contribution in [-0.4, -0.2) is 16.4 Å². The fraction of sp³-hybridized carbons (Fsp3) is 0.583. The number of hydrogen-bond donors (Lipinski definition) is 1. The third-order valence-corrected chi connectivity index (χ3v) is 2.93. The summed E-state index contributed by atoms with van der Waals surface area (Å²) in [7, 11) is 0. The molecule has 1 aromatic rings. The molecule has 3 heteroatoms. The Balaban J connectivity index is 2.41. The standard InChI is InChI=1S/C12H19BrN2/c1-3-11(7-8-13)14-9-12-6-4-5-10(2)15-12/h4-6,11,14H,3,7-9H2,1-2H3. The average Bonchev–Trinajstić information content (AvgIpc) is 2.24. The molecule has 84 valence electrons. The number of hydrogen-bond acceptors (Lipinski definition) is 2. The molecule has 0 aliphatic heterocycles. The molecule has 1 heterocycles. The van der Waals surface area contributed by atoms with Gasteiger partial charge in [0.25, 0.3) is 0 Å². The Bertz CT molecular complexity index is 289. The third kappa shape index (κ3) is 4.76. The lowest BCUT2D eigenvalue weighted by molar-refractivity contribution is 0.484. The zero-order valence-electron chi connectivity index (χ0n) is 9.46. The molecule has 0 spiro atoms. The predicted molar refractivity (Wildman–Crippen MR) is 68.3 cm³/mol. The Morgan fingerprint density at radius 2 is 2.27 bits per heavy atom. The Labute approximate surface area is 101 Å². The second kappa shape index (κ2) is 6.96. The highest BCUT2D eigenvalue weighted by Crippen LogP contribution is 2.03. The van der Waals surface area contributed by atoms with Crippen molar-refractivity contribution in [2.45, 2.75) is 39.3 Å².